The van der Waals surface area contributed by atoms with Crippen molar-refractivity contribution >= 4 is 8.07 Å². The van der Waals surface area contributed by atoms with Crippen molar-refractivity contribution in [3.63, 3.8) is 0 Å². The Kier molecular flexibility index (Phi) is 4.65. The van der Waals surface area contributed by atoms with Crippen LogP contribution in [0.2, 0.25) is 19.6 Å². The SMILES string of the molecule is C[Si](C)(C)C#Cc1ccc(C(O)C[N+](=O)[O-])cc1. The molecule has 1 aromatic rings. The third kappa shape index (κ3) is 5.12. The summed E-state index contributed by atoms with van der Waals surface area (Å²) in [4.78, 5) is 9.77. The second-order valence-corrected chi connectivity index (χ2v) is 9.90. The highest BCUT2D eigenvalue weighted by molar-refractivity contribution is 6.83. The Morgan fingerprint density at radius 3 is 2.33 bits per heavy atom. The van der Waals surface area contributed by atoms with Gasteiger partial charge in [0, 0.05) is 10.5 Å². The van der Waals surface area contributed by atoms with Gasteiger partial charge in [-0.3, -0.25) is 10.1 Å². The van der Waals surface area contributed by atoms with E-state index in [4.69, 9.17) is 0 Å². The third-order valence-electron chi connectivity index (χ3n) is 2.20. The molecular weight excluding hydrogens is 246 g/mol. The molecule has 96 valence electrons. The Balaban J connectivity index is 2.79. The van der Waals surface area contributed by atoms with E-state index in [1.807, 2.05) is 0 Å². The lowest BCUT2D eigenvalue weighted by atomic mass is 10.1. The lowest BCUT2D eigenvalue weighted by molar-refractivity contribution is -0.491. The molecule has 0 amide bonds. The first-order valence-corrected chi connectivity index (χ1v) is 9.21. The maximum Gasteiger partial charge on any atom is 0.233 e. The molecule has 18 heavy (non-hydrogen) atoms. The zero-order valence-corrected chi connectivity index (χ0v) is 11.8. The second-order valence-electron chi connectivity index (χ2n) is 5.15. The van der Waals surface area contributed by atoms with Gasteiger partial charge in [-0.15, -0.1) is 5.54 Å². The van der Waals surface area contributed by atoms with Crippen molar-refractivity contribution in [2.24, 2.45) is 0 Å². The minimum Gasteiger partial charge on any atom is -0.382 e. The lowest BCUT2D eigenvalue weighted by Gasteiger charge is -2.06. The van der Waals surface area contributed by atoms with Crippen LogP contribution in [0.1, 0.15) is 17.2 Å². The van der Waals surface area contributed by atoms with E-state index >= 15 is 0 Å². The van der Waals surface area contributed by atoms with Crippen molar-refractivity contribution in [1.29, 1.82) is 0 Å². The van der Waals surface area contributed by atoms with Gasteiger partial charge in [0.25, 0.3) is 0 Å². The van der Waals surface area contributed by atoms with E-state index in [-0.39, 0.29) is 0 Å². The van der Waals surface area contributed by atoms with Gasteiger partial charge in [0.2, 0.25) is 6.54 Å². The van der Waals surface area contributed by atoms with Gasteiger partial charge in [-0.05, 0) is 17.7 Å². The summed E-state index contributed by atoms with van der Waals surface area (Å²) in [5.41, 5.74) is 4.65. The Labute approximate surface area is 108 Å². The van der Waals surface area contributed by atoms with Crippen LogP contribution < -0.4 is 0 Å². The highest BCUT2D eigenvalue weighted by atomic mass is 28.3. The Morgan fingerprint density at radius 1 is 1.33 bits per heavy atom. The molecule has 0 bridgehead atoms. The van der Waals surface area contributed by atoms with Crippen LogP contribution in [-0.2, 0) is 0 Å². The Morgan fingerprint density at radius 2 is 1.89 bits per heavy atom. The number of hydrogen-bond donors (Lipinski definition) is 1. The Bertz CT molecular complexity index is 480. The number of benzene rings is 1. The van der Waals surface area contributed by atoms with Gasteiger partial charge >= 0.3 is 0 Å². The molecule has 4 nitrogen and oxygen atoms in total. The molecule has 0 saturated heterocycles. The molecular formula is C13H17NO3Si. The van der Waals surface area contributed by atoms with Gasteiger partial charge in [0.05, 0.1) is 0 Å². The van der Waals surface area contributed by atoms with E-state index < -0.39 is 25.6 Å². The zero-order valence-electron chi connectivity index (χ0n) is 10.8. The summed E-state index contributed by atoms with van der Waals surface area (Å²) < 4.78 is 0. The molecule has 5 heteroatoms. The first kappa shape index (κ1) is 14.4. The number of hydrogen-bond acceptors (Lipinski definition) is 3. The average molecular weight is 263 g/mol. The van der Waals surface area contributed by atoms with Gasteiger partial charge in [-0.1, -0.05) is 37.7 Å². The molecule has 0 aliphatic rings. The van der Waals surface area contributed by atoms with Crippen molar-refractivity contribution in [3.8, 4) is 11.5 Å². The van der Waals surface area contributed by atoms with Gasteiger partial charge in [-0.25, -0.2) is 0 Å². The monoisotopic (exact) mass is 263 g/mol. The minimum absolute atomic E-state index is 0.472. The van der Waals surface area contributed by atoms with Gasteiger partial charge in [-0.2, -0.15) is 0 Å². The second kappa shape index (κ2) is 5.80. The highest BCUT2D eigenvalue weighted by Gasteiger charge is 2.13. The van der Waals surface area contributed by atoms with Crippen molar-refractivity contribution < 1.29 is 10.0 Å². The quantitative estimate of drug-likeness (QED) is 0.393. The summed E-state index contributed by atoms with van der Waals surface area (Å²) in [5.74, 6) is 3.09. The smallest absolute Gasteiger partial charge is 0.233 e. The van der Waals surface area contributed by atoms with Crippen molar-refractivity contribution in [3.05, 3.63) is 45.5 Å². The molecule has 0 radical (unpaired) electrons. The first-order valence-electron chi connectivity index (χ1n) is 5.71. The maximum atomic E-state index is 10.3. The van der Waals surface area contributed by atoms with Crippen LogP contribution in [0.3, 0.4) is 0 Å². The van der Waals surface area contributed by atoms with E-state index in [1.165, 1.54) is 0 Å². The molecule has 0 saturated carbocycles. The number of aliphatic hydroxyl groups is 1. The summed E-state index contributed by atoms with van der Waals surface area (Å²) in [5, 5.41) is 19.9. The number of aliphatic hydroxyl groups excluding tert-OH is 1. The van der Waals surface area contributed by atoms with Crippen molar-refractivity contribution in [1.82, 2.24) is 0 Å². The molecule has 0 heterocycles. The molecule has 0 aromatic heterocycles. The predicted molar refractivity (Wildman–Crippen MR) is 73.5 cm³/mol. The van der Waals surface area contributed by atoms with Gasteiger partial charge < -0.3 is 5.11 Å². The van der Waals surface area contributed by atoms with Crippen LogP contribution in [0.15, 0.2) is 24.3 Å². The van der Waals surface area contributed by atoms with Gasteiger partial charge in [0.15, 0.2) is 0 Å². The number of nitro groups is 1. The molecule has 0 aliphatic heterocycles. The van der Waals surface area contributed by atoms with Crippen molar-refractivity contribution in [2.45, 2.75) is 25.7 Å². The van der Waals surface area contributed by atoms with E-state index in [2.05, 4.69) is 31.1 Å². The number of rotatable bonds is 3. The van der Waals surface area contributed by atoms with Crippen LogP contribution in [0.4, 0.5) is 0 Å². The lowest BCUT2D eigenvalue weighted by Crippen LogP contribution is -2.16. The maximum absolute atomic E-state index is 10.3. The summed E-state index contributed by atoms with van der Waals surface area (Å²) >= 11 is 0. The predicted octanol–water partition coefficient (Wildman–Crippen LogP) is 2.23. The molecule has 1 rings (SSSR count). The topological polar surface area (TPSA) is 63.4 Å². The van der Waals surface area contributed by atoms with Crippen LogP contribution in [0, 0.1) is 21.6 Å². The minimum atomic E-state index is -1.40. The van der Waals surface area contributed by atoms with E-state index in [0.29, 0.717) is 5.56 Å². The van der Waals surface area contributed by atoms with Crippen LogP contribution in [0.25, 0.3) is 0 Å². The standard InChI is InChI=1S/C13H17NO3Si/c1-18(2,3)9-8-11-4-6-12(7-5-11)13(15)10-14(16)17/h4-7,13,15H,10H2,1-3H3. The number of nitrogens with zero attached hydrogens (tertiary/aromatic N) is 1. The molecule has 1 unspecified atom stereocenters. The van der Waals surface area contributed by atoms with Crippen LogP contribution in [-0.4, -0.2) is 24.6 Å². The normalized spacial score (nSPS) is 12.4. The van der Waals surface area contributed by atoms with E-state index in [9.17, 15) is 15.2 Å². The fourth-order valence-corrected chi connectivity index (χ4v) is 1.81. The average Bonchev–Trinajstić information content (AvgIpc) is 2.25. The molecule has 1 N–H and O–H groups in total. The zero-order chi connectivity index (χ0) is 13.8. The Hall–Kier alpha value is -1.64. The summed E-state index contributed by atoms with van der Waals surface area (Å²) in [6.45, 7) is 6.01. The van der Waals surface area contributed by atoms with E-state index in [1.54, 1.807) is 24.3 Å². The van der Waals surface area contributed by atoms with Gasteiger partial charge in [0.1, 0.15) is 14.2 Å². The fourth-order valence-electron chi connectivity index (χ4n) is 1.29. The molecule has 0 fully saturated rings. The summed E-state index contributed by atoms with van der Waals surface area (Å²) in [6, 6.07) is 6.93. The third-order valence-corrected chi connectivity index (χ3v) is 3.07. The molecule has 1 atom stereocenters. The molecule has 0 spiro atoms. The fraction of sp³-hybridized carbons (Fsp3) is 0.385. The van der Waals surface area contributed by atoms with Crippen LogP contribution in [0.5, 0.6) is 0 Å². The van der Waals surface area contributed by atoms with Crippen LogP contribution >= 0.6 is 0 Å². The van der Waals surface area contributed by atoms with Crippen molar-refractivity contribution in [2.75, 3.05) is 6.54 Å². The molecule has 1 aromatic carbocycles. The summed E-state index contributed by atoms with van der Waals surface area (Å²) in [7, 11) is -1.40. The summed E-state index contributed by atoms with van der Waals surface area (Å²) in [6.07, 6.45) is -1.06. The highest BCUT2D eigenvalue weighted by Crippen LogP contribution is 2.13. The van der Waals surface area contributed by atoms with E-state index in [0.717, 1.165) is 5.56 Å². The first-order chi connectivity index (χ1) is 8.28. The largest absolute Gasteiger partial charge is 0.382 e. The molecule has 0 aliphatic carbocycles.